The number of hydrogen-bond acceptors (Lipinski definition) is 3. The van der Waals surface area contributed by atoms with Gasteiger partial charge in [-0.15, -0.1) is 0 Å². The van der Waals surface area contributed by atoms with Crippen molar-refractivity contribution in [1.82, 2.24) is 9.97 Å². The Morgan fingerprint density at radius 3 is 2.74 bits per heavy atom. The lowest BCUT2D eigenvalue weighted by Crippen LogP contribution is -2.36. The third-order valence-electron chi connectivity index (χ3n) is 4.37. The van der Waals surface area contributed by atoms with E-state index in [1.54, 1.807) is 0 Å². The molecule has 0 amide bonds. The lowest BCUT2D eigenvalue weighted by Gasteiger charge is -2.41. The largest absolute Gasteiger partial charge is 0.369 e. The molecule has 1 aliphatic rings. The van der Waals surface area contributed by atoms with Gasteiger partial charge in [0.1, 0.15) is 5.82 Å². The zero-order valence-electron chi connectivity index (χ0n) is 11.1. The van der Waals surface area contributed by atoms with Gasteiger partial charge in [-0.05, 0) is 48.4 Å². The number of halogens is 1. The summed E-state index contributed by atoms with van der Waals surface area (Å²) in [4.78, 5) is 8.59. The minimum Gasteiger partial charge on any atom is -0.369 e. The van der Waals surface area contributed by atoms with Crippen molar-refractivity contribution in [2.75, 3.05) is 11.9 Å². The Kier molecular flexibility index (Phi) is 3.31. The molecule has 0 aliphatic heterocycles. The number of hydrogen-bond donors (Lipinski definition) is 1. The summed E-state index contributed by atoms with van der Waals surface area (Å²) in [6, 6.07) is 7.97. The SMILES string of the molecule is CCC1(CNc2nc(Cl)nc3ccccc23)CCC1. The molecule has 0 bridgehead atoms. The van der Waals surface area contributed by atoms with Gasteiger partial charge in [0.2, 0.25) is 5.28 Å². The highest BCUT2D eigenvalue weighted by Crippen LogP contribution is 2.43. The van der Waals surface area contributed by atoms with Gasteiger partial charge in [0.05, 0.1) is 5.52 Å². The molecule has 100 valence electrons. The molecule has 0 atom stereocenters. The molecule has 1 aliphatic carbocycles. The smallest absolute Gasteiger partial charge is 0.224 e. The van der Waals surface area contributed by atoms with E-state index < -0.39 is 0 Å². The summed E-state index contributed by atoms with van der Waals surface area (Å²) >= 11 is 5.99. The molecule has 0 spiro atoms. The highest BCUT2D eigenvalue weighted by atomic mass is 35.5. The van der Waals surface area contributed by atoms with Crippen molar-refractivity contribution in [3.63, 3.8) is 0 Å². The maximum atomic E-state index is 5.99. The Hall–Kier alpha value is -1.35. The van der Waals surface area contributed by atoms with Crippen LogP contribution in [0.15, 0.2) is 24.3 Å². The number of nitrogens with one attached hydrogen (secondary N) is 1. The topological polar surface area (TPSA) is 37.8 Å². The Balaban J connectivity index is 1.88. The van der Waals surface area contributed by atoms with E-state index in [-0.39, 0.29) is 0 Å². The predicted molar refractivity (Wildman–Crippen MR) is 79.6 cm³/mol. The molecular formula is C15H18ClN3. The first-order valence-corrected chi connectivity index (χ1v) is 7.26. The molecule has 4 heteroatoms. The second-order valence-electron chi connectivity index (χ2n) is 5.42. The summed E-state index contributed by atoms with van der Waals surface area (Å²) in [7, 11) is 0. The normalized spacial score (nSPS) is 17.2. The molecule has 0 unspecified atom stereocenters. The Morgan fingerprint density at radius 1 is 1.26 bits per heavy atom. The fourth-order valence-corrected chi connectivity index (χ4v) is 2.96. The molecule has 2 aromatic rings. The number of anilines is 1. The van der Waals surface area contributed by atoms with Crippen LogP contribution >= 0.6 is 11.6 Å². The lowest BCUT2D eigenvalue weighted by molar-refractivity contribution is 0.145. The Morgan fingerprint density at radius 2 is 2.05 bits per heavy atom. The second-order valence-corrected chi connectivity index (χ2v) is 5.76. The summed E-state index contributed by atoms with van der Waals surface area (Å²) < 4.78 is 0. The molecule has 1 saturated carbocycles. The van der Waals surface area contributed by atoms with Crippen LogP contribution in [0.4, 0.5) is 5.82 Å². The highest BCUT2D eigenvalue weighted by Gasteiger charge is 2.34. The number of rotatable bonds is 4. The molecule has 0 radical (unpaired) electrons. The van der Waals surface area contributed by atoms with Gasteiger partial charge in [-0.2, -0.15) is 0 Å². The summed E-state index contributed by atoms with van der Waals surface area (Å²) in [6.45, 7) is 3.24. The minimum absolute atomic E-state index is 0.306. The molecule has 1 fully saturated rings. The molecule has 3 rings (SSSR count). The maximum absolute atomic E-state index is 5.99. The Labute approximate surface area is 118 Å². The van der Waals surface area contributed by atoms with E-state index >= 15 is 0 Å². The predicted octanol–water partition coefficient (Wildman–Crippen LogP) is 4.28. The van der Waals surface area contributed by atoms with Crippen molar-refractivity contribution in [3.05, 3.63) is 29.5 Å². The quantitative estimate of drug-likeness (QED) is 0.847. The number of aromatic nitrogens is 2. The van der Waals surface area contributed by atoms with Crippen LogP contribution in [-0.4, -0.2) is 16.5 Å². The van der Waals surface area contributed by atoms with E-state index in [0.29, 0.717) is 10.7 Å². The van der Waals surface area contributed by atoms with Gasteiger partial charge in [0.15, 0.2) is 0 Å². The summed E-state index contributed by atoms with van der Waals surface area (Å²) in [5.41, 5.74) is 1.35. The third-order valence-corrected chi connectivity index (χ3v) is 4.54. The van der Waals surface area contributed by atoms with Gasteiger partial charge in [-0.3, -0.25) is 0 Å². The molecule has 0 saturated heterocycles. The van der Waals surface area contributed by atoms with Crippen LogP contribution in [0.2, 0.25) is 5.28 Å². The third kappa shape index (κ3) is 2.39. The van der Waals surface area contributed by atoms with Crippen LogP contribution in [0.3, 0.4) is 0 Å². The highest BCUT2D eigenvalue weighted by molar-refractivity contribution is 6.28. The molecule has 3 nitrogen and oxygen atoms in total. The molecule has 1 aromatic heterocycles. The number of benzene rings is 1. The van der Waals surface area contributed by atoms with E-state index in [2.05, 4.69) is 22.2 Å². The zero-order valence-corrected chi connectivity index (χ0v) is 11.9. The average Bonchev–Trinajstić information content (AvgIpc) is 2.37. The second kappa shape index (κ2) is 4.97. The average molecular weight is 276 g/mol. The number of fused-ring (bicyclic) bond motifs is 1. The van der Waals surface area contributed by atoms with E-state index in [1.807, 2.05) is 24.3 Å². The molecule has 19 heavy (non-hydrogen) atoms. The molecular weight excluding hydrogens is 258 g/mol. The minimum atomic E-state index is 0.306. The fraction of sp³-hybridized carbons (Fsp3) is 0.467. The first-order chi connectivity index (χ1) is 9.22. The van der Waals surface area contributed by atoms with Crippen molar-refractivity contribution < 1.29 is 0 Å². The van der Waals surface area contributed by atoms with Crippen molar-refractivity contribution in [2.45, 2.75) is 32.6 Å². The van der Waals surface area contributed by atoms with Gasteiger partial charge in [-0.25, -0.2) is 9.97 Å². The lowest BCUT2D eigenvalue weighted by atomic mass is 9.67. The van der Waals surface area contributed by atoms with Crippen LogP contribution in [0, 0.1) is 5.41 Å². The van der Waals surface area contributed by atoms with Crippen molar-refractivity contribution in [2.24, 2.45) is 5.41 Å². The van der Waals surface area contributed by atoms with Crippen LogP contribution in [-0.2, 0) is 0 Å². The van der Waals surface area contributed by atoms with Crippen LogP contribution in [0.25, 0.3) is 10.9 Å². The van der Waals surface area contributed by atoms with Gasteiger partial charge in [0.25, 0.3) is 0 Å². The van der Waals surface area contributed by atoms with Crippen molar-refractivity contribution >= 4 is 28.3 Å². The maximum Gasteiger partial charge on any atom is 0.224 e. The Bertz CT molecular complexity index is 587. The van der Waals surface area contributed by atoms with Crippen LogP contribution < -0.4 is 5.32 Å². The molecule has 1 N–H and O–H groups in total. The van der Waals surface area contributed by atoms with Crippen LogP contribution in [0.5, 0.6) is 0 Å². The monoisotopic (exact) mass is 275 g/mol. The standard InChI is InChI=1S/C15H18ClN3/c1-2-15(8-5-9-15)10-17-13-11-6-3-4-7-12(11)18-14(16)19-13/h3-4,6-7H,2,5,8-10H2,1H3,(H,17,18,19). The van der Waals surface area contributed by atoms with Gasteiger partial charge >= 0.3 is 0 Å². The van der Waals surface area contributed by atoms with E-state index in [9.17, 15) is 0 Å². The first-order valence-electron chi connectivity index (χ1n) is 6.89. The molecule has 1 heterocycles. The van der Waals surface area contributed by atoms with E-state index in [0.717, 1.165) is 23.3 Å². The summed E-state index contributed by atoms with van der Waals surface area (Å²) in [6.07, 6.45) is 5.19. The fourth-order valence-electron chi connectivity index (χ4n) is 2.79. The first kappa shape index (κ1) is 12.7. The summed E-state index contributed by atoms with van der Waals surface area (Å²) in [5, 5.41) is 4.83. The summed E-state index contributed by atoms with van der Waals surface area (Å²) in [5.74, 6) is 0.857. The van der Waals surface area contributed by atoms with E-state index in [1.165, 1.54) is 25.7 Å². The van der Waals surface area contributed by atoms with Gasteiger partial charge < -0.3 is 5.32 Å². The van der Waals surface area contributed by atoms with Crippen LogP contribution in [0.1, 0.15) is 32.6 Å². The molecule has 1 aromatic carbocycles. The van der Waals surface area contributed by atoms with Crippen molar-refractivity contribution in [1.29, 1.82) is 0 Å². The van der Waals surface area contributed by atoms with Gasteiger partial charge in [-0.1, -0.05) is 25.5 Å². The van der Waals surface area contributed by atoms with Crippen molar-refractivity contribution in [3.8, 4) is 0 Å². The number of nitrogens with zero attached hydrogens (tertiary/aromatic N) is 2. The number of para-hydroxylation sites is 1. The zero-order chi connectivity index (χ0) is 13.3. The van der Waals surface area contributed by atoms with Gasteiger partial charge in [0, 0.05) is 11.9 Å². The van der Waals surface area contributed by atoms with E-state index in [4.69, 9.17) is 11.6 Å².